The Morgan fingerprint density at radius 1 is 0.689 bits per heavy atom. The molecular weight excluding hydrogens is 749 g/mol. The minimum atomic E-state index is -0.295. The van der Waals surface area contributed by atoms with Gasteiger partial charge in [-0.3, -0.25) is 9.59 Å². The number of amides is 2. The van der Waals surface area contributed by atoms with E-state index in [1.165, 1.54) is 12.8 Å². The van der Waals surface area contributed by atoms with Gasteiger partial charge in [0.1, 0.15) is 0 Å². The fourth-order valence-electron chi connectivity index (χ4n) is 13.9. The van der Waals surface area contributed by atoms with Crippen molar-refractivity contribution in [1.82, 2.24) is 10.6 Å². The number of aliphatic hydroxyl groups is 1. The molecule has 0 aromatic carbocycles. The summed E-state index contributed by atoms with van der Waals surface area (Å²) in [6, 6.07) is 0. The molecule has 5 nitrogen and oxygen atoms in total. The highest BCUT2D eigenvalue weighted by molar-refractivity contribution is 5.84. The molecule has 0 radical (unpaired) electrons. The van der Waals surface area contributed by atoms with Crippen LogP contribution in [0.3, 0.4) is 0 Å². The molecule has 0 aliphatic heterocycles. The summed E-state index contributed by atoms with van der Waals surface area (Å²) < 4.78 is 0. The Labute approximate surface area is 374 Å². The second-order valence-corrected chi connectivity index (χ2v) is 21.8. The van der Waals surface area contributed by atoms with Crippen LogP contribution in [0.15, 0.2) is 72.4 Å². The number of hydrogen-bond acceptors (Lipinski definition) is 3. The minimum Gasteiger partial charge on any atom is -0.393 e. The lowest BCUT2D eigenvalue weighted by Gasteiger charge is -2.71. The Balaban J connectivity index is 0.995. The molecule has 5 aliphatic rings. The minimum absolute atomic E-state index is 0.0409. The Kier molecular flexibility index (Phi) is 18.0. The molecule has 3 unspecified atom stereocenters. The molecule has 5 heteroatoms. The maximum atomic E-state index is 14.5. The SMILES string of the molecule is CC/C=C\C/C=C\C/C=C\C/C=C\C/C=C\CCCC(=O)NCCCCCCNC(=O)[C@]12CC[C@@H](C)[C@H](C)C1C1=CCC3[C@@]4(C)CC[C@H](O)C(C)(C)C4CC[C@@]3(C)[C@]1(C)CC2. The van der Waals surface area contributed by atoms with Crippen LogP contribution < -0.4 is 10.6 Å². The first-order chi connectivity index (χ1) is 29.2. The monoisotopic (exact) mass is 839 g/mol. The van der Waals surface area contributed by atoms with E-state index < -0.39 is 0 Å². The van der Waals surface area contributed by atoms with E-state index >= 15 is 0 Å². The largest absolute Gasteiger partial charge is 0.393 e. The third-order valence-corrected chi connectivity index (χ3v) is 18.1. The van der Waals surface area contributed by atoms with Crippen LogP contribution in [0.5, 0.6) is 0 Å². The van der Waals surface area contributed by atoms with Crippen molar-refractivity contribution in [3.63, 3.8) is 0 Å². The van der Waals surface area contributed by atoms with Crippen LogP contribution in [0.25, 0.3) is 0 Å². The molecule has 5 rings (SSSR count). The Hall–Kier alpha value is -2.66. The normalized spacial score (nSPS) is 35.9. The van der Waals surface area contributed by atoms with Crippen molar-refractivity contribution in [2.75, 3.05) is 13.1 Å². The van der Waals surface area contributed by atoms with Crippen LogP contribution in [-0.4, -0.2) is 36.1 Å². The van der Waals surface area contributed by atoms with Crippen molar-refractivity contribution in [2.45, 2.75) is 196 Å². The van der Waals surface area contributed by atoms with Gasteiger partial charge >= 0.3 is 0 Å². The Morgan fingerprint density at radius 2 is 1.30 bits per heavy atom. The second-order valence-electron chi connectivity index (χ2n) is 21.8. The van der Waals surface area contributed by atoms with Gasteiger partial charge in [0.2, 0.25) is 11.8 Å². The van der Waals surface area contributed by atoms with E-state index in [0.717, 1.165) is 129 Å². The van der Waals surface area contributed by atoms with Crippen LogP contribution in [0.2, 0.25) is 0 Å². The first-order valence-electron chi connectivity index (χ1n) is 25.4. The summed E-state index contributed by atoms with van der Waals surface area (Å²) in [5.41, 5.74) is 1.86. The van der Waals surface area contributed by atoms with E-state index in [1.54, 1.807) is 5.57 Å². The molecule has 4 saturated carbocycles. The fourth-order valence-corrected chi connectivity index (χ4v) is 13.9. The lowest BCUT2D eigenvalue weighted by molar-refractivity contribution is -0.204. The predicted molar refractivity (Wildman–Crippen MR) is 258 cm³/mol. The second kappa shape index (κ2) is 22.3. The highest BCUT2D eigenvalue weighted by Gasteiger charge is 2.69. The molecular formula is C56H90N2O3. The molecule has 10 atom stereocenters. The van der Waals surface area contributed by atoms with Gasteiger partial charge in [0.15, 0.2) is 0 Å². The van der Waals surface area contributed by atoms with Crippen molar-refractivity contribution in [3.8, 4) is 0 Å². The van der Waals surface area contributed by atoms with Crippen LogP contribution in [0, 0.1) is 56.7 Å². The standard InChI is InChI=1S/C56H90N2O3/c1-9-10-11-12-13-14-15-16-17-18-19-20-21-22-23-24-27-30-49(60)57-41-28-25-26-29-42-58-51(61)56-38-33-43(2)44(3)50(56)45-31-32-47-53(6)36-35-48(59)52(4,5)46(53)34-37-55(47,8)54(45,7)39-40-56/h10-11,13-14,16-17,19-20,22-23,31,43-44,46-48,50,59H,9,12,15,18,21,24-30,32-42H2,1-8H3,(H,57,60)(H,58,61)/b11-10-,14-13-,17-16-,20-19-,23-22-/t43-,44+,46?,47?,48+,50?,53+,54-,55-,56+/m1/s1. The van der Waals surface area contributed by atoms with Crippen LogP contribution >= 0.6 is 0 Å². The van der Waals surface area contributed by atoms with Crippen LogP contribution in [-0.2, 0) is 9.59 Å². The summed E-state index contributed by atoms with van der Waals surface area (Å²) in [6.45, 7) is 21.1. The molecule has 0 bridgehead atoms. The van der Waals surface area contributed by atoms with Crippen molar-refractivity contribution < 1.29 is 14.7 Å². The number of nitrogens with one attached hydrogen (secondary N) is 2. The number of carbonyl (C=O) groups is 2. The van der Waals surface area contributed by atoms with Crippen LogP contribution in [0.1, 0.15) is 190 Å². The number of unbranched alkanes of at least 4 members (excludes halogenated alkanes) is 4. The van der Waals surface area contributed by atoms with E-state index in [9.17, 15) is 14.7 Å². The van der Waals surface area contributed by atoms with Gasteiger partial charge in [0.25, 0.3) is 0 Å². The zero-order valence-corrected chi connectivity index (χ0v) is 40.3. The quantitative estimate of drug-likeness (QED) is 0.0796. The predicted octanol–water partition coefficient (Wildman–Crippen LogP) is 13.7. The van der Waals surface area contributed by atoms with Gasteiger partial charge in [0.05, 0.1) is 11.5 Å². The van der Waals surface area contributed by atoms with Crippen molar-refractivity contribution >= 4 is 11.8 Å². The number of rotatable bonds is 21. The molecule has 0 aromatic rings. The average Bonchev–Trinajstić information content (AvgIpc) is 3.23. The number of carbonyl (C=O) groups excluding carboxylic acids is 2. The summed E-state index contributed by atoms with van der Waals surface area (Å²) in [5.74, 6) is 3.08. The zero-order valence-electron chi connectivity index (χ0n) is 40.3. The molecule has 0 heterocycles. The third kappa shape index (κ3) is 11.0. The summed E-state index contributed by atoms with van der Waals surface area (Å²) in [7, 11) is 0. The molecule has 2 amide bonds. The summed E-state index contributed by atoms with van der Waals surface area (Å²) in [5, 5.41) is 17.7. The lowest BCUT2D eigenvalue weighted by atomic mass is 9.33. The number of hydrogen-bond donors (Lipinski definition) is 3. The van der Waals surface area contributed by atoms with Gasteiger partial charge in [-0.1, -0.05) is 141 Å². The number of aliphatic hydroxyl groups excluding tert-OH is 1. The van der Waals surface area contributed by atoms with Gasteiger partial charge in [-0.2, -0.15) is 0 Å². The molecule has 61 heavy (non-hydrogen) atoms. The van der Waals surface area contributed by atoms with E-state index in [-0.39, 0.29) is 39.1 Å². The molecule has 4 fully saturated rings. The molecule has 342 valence electrons. The van der Waals surface area contributed by atoms with E-state index in [2.05, 4.69) is 133 Å². The first-order valence-corrected chi connectivity index (χ1v) is 25.4. The number of allylic oxidation sites excluding steroid dienone is 12. The Bertz CT molecular complexity index is 1620. The fraction of sp³-hybridized carbons (Fsp3) is 0.750. The van der Waals surface area contributed by atoms with Gasteiger partial charge in [-0.05, 0) is 167 Å². The molecule has 0 saturated heterocycles. The van der Waals surface area contributed by atoms with Crippen molar-refractivity contribution in [1.29, 1.82) is 0 Å². The summed E-state index contributed by atoms with van der Waals surface area (Å²) >= 11 is 0. The highest BCUT2D eigenvalue weighted by Crippen LogP contribution is 2.75. The van der Waals surface area contributed by atoms with E-state index in [1.807, 2.05) is 0 Å². The van der Waals surface area contributed by atoms with Crippen molar-refractivity contribution in [3.05, 3.63) is 72.4 Å². The Morgan fingerprint density at radius 3 is 1.93 bits per heavy atom. The third-order valence-electron chi connectivity index (χ3n) is 18.1. The highest BCUT2D eigenvalue weighted by atomic mass is 16.3. The maximum Gasteiger partial charge on any atom is 0.226 e. The molecule has 5 aliphatic carbocycles. The summed E-state index contributed by atoms with van der Waals surface area (Å²) in [6.07, 6.45) is 46.1. The smallest absolute Gasteiger partial charge is 0.226 e. The molecule has 3 N–H and O–H groups in total. The van der Waals surface area contributed by atoms with Gasteiger partial charge in [-0.25, -0.2) is 0 Å². The number of fused-ring (bicyclic) bond motifs is 7. The maximum absolute atomic E-state index is 14.5. The zero-order chi connectivity index (χ0) is 44.2. The first kappa shape index (κ1) is 49.4. The molecule has 0 spiro atoms. The topological polar surface area (TPSA) is 78.4 Å². The van der Waals surface area contributed by atoms with Gasteiger partial charge in [-0.15, -0.1) is 0 Å². The van der Waals surface area contributed by atoms with Gasteiger partial charge in [0, 0.05) is 19.5 Å². The summed E-state index contributed by atoms with van der Waals surface area (Å²) in [4.78, 5) is 26.9. The molecule has 0 aromatic heterocycles. The van der Waals surface area contributed by atoms with Crippen molar-refractivity contribution in [2.24, 2.45) is 56.7 Å². The van der Waals surface area contributed by atoms with Crippen LogP contribution in [0.4, 0.5) is 0 Å². The lowest BCUT2D eigenvalue weighted by Crippen LogP contribution is -2.66. The average molecular weight is 839 g/mol. The van der Waals surface area contributed by atoms with Gasteiger partial charge < -0.3 is 15.7 Å². The van der Waals surface area contributed by atoms with E-state index in [0.29, 0.717) is 41.9 Å². The van der Waals surface area contributed by atoms with E-state index in [4.69, 9.17) is 0 Å².